The summed E-state index contributed by atoms with van der Waals surface area (Å²) < 4.78 is 0. The molecule has 42 nitrogen and oxygen atoms in total. The summed E-state index contributed by atoms with van der Waals surface area (Å²) in [5.41, 5.74) is 19.2. The van der Waals surface area contributed by atoms with Gasteiger partial charge in [0.25, 0.3) is 5.97 Å². The van der Waals surface area contributed by atoms with Crippen molar-refractivity contribution in [1.82, 2.24) is 89.0 Å². The lowest BCUT2D eigenvalue weighted by Gasteiger charge is -2.30. The number of hydrogen-bond donors (Lipinski definition) is 24. The second-order valence-corrected chi connectivity index (χ2v) is 29.5. The maximum Gasteiger partial charge on any atom is 0.303 e. The van der Waals surface area contributed by atoms with Crippen molar-refractivity contribution in [2.45, 2.75) is 210 Å². The van der Waals surface area contributed by atoms with Crippen LogP contribution >= 0.6 is 0 Å². The first-order valence-electron chi connectivity index (χ1n) is 40.0. The zero-order valence-corrected chi connectivity index (χ0v) is 68.7. The van der Waals surface area contributed by atoms with Crippen LogP contribution in [0, 0.1) is 11.3 Å². The molecule has 122 heavy (non-hydrogen) atoms. The molecular weight excluding hydrogens is 1590 g/mol. The normalized spacial score (nSPS) is 14.9. The number of nitrogens with zero attached hydrogens (tertiary/aromatic N) is 2. The van der Waals surface area contributed by atoms with Gasteiger partial charge in [0, 0.05) is 82.3 Å². The van der Waals surface area contributed by atoms with Crippen LogP contribution in [-0.2, 0) is 102 Å². The third-order valence-electron chi connectivity index (χ3n) is 19.4. The molecule has 1 fully saturated rings. The number of aromatic hydroxyl groups is 1. The van der Waals surface area contributed by atoms with Gasteiger partial charge in [0.2, 0.25) is 82.7 Å². The summed E-state index contributed by atoms with van der Waals surface area (Å²) in [6.07, 6.45) is 3.75. The number of aromatic amines is 2. The number of para-hydroxylation sites is 1. The van der Waals surface area contributed by atoms with Gasteiger partial charge in [-0.25, -0.2) is 4.98 Å². The van der Waals surface area contributed by atoms with E-state index in [9.17, 15) is 78.0 Å². The highest BCUT2D eigenvalue weighted by Gasteiger charge is 2.41. The number of carboxylic acids is 2. The van der Waals surface area contributed by atoms with Crippen LogP contribution in [0.3, 0.4) is 0 Å². The number of rotatable bonds is 50. The Morgan fingerprint density at radius 1 is 0.549 bits per heavy atom. The van der Waals surface area contributed by atoms with Gasteiger partial charge in [-0.2, -0.15) is 0 Å². The molecule has 42 heteroatoms. The number of likely N-dealkylation sites (tertiary alicyclic amines) is 1. The number of primary amides is 1. The maximum absolute atomic E-state index is 15.2. The zero-order chi connectivity index (χ0) is 90.1. The van der Waals surface area contributed by atoms with E-state index >= 15 is 14.4 Å². The average Bonchev–Trinajstić information content (AvgIpc) is 1.64. The molecule has 14 amide bonds. The second kappa shape index (κ2) is 51.4. The highest BCUT2D eigenvalue weighted by Crippen LogP contribution is 2.23. The van der Waals surface area contributed by atoms with Crippen molar-refractivity contribution >= 4 is 112 Å². The third-order valence-corrected chi connectivity index (χ3v) is 19.4. The Morgan fingerprint density at radius 2 is 1.04 bits per heavy atom. The van der Waals surface area contributed by atoms with E-state index in [4.69, 9.17) is 32.5 Å². The number of H-pyrrole nitrogens is 2. The number of aliphatic hydroxyl groups is 2. The van der Waals surface area contributed by atoms with E-state index < -0.39 is 212 Å². The molecule has 0 aliphatic carbocycles. The Hall–Kier alpha value is -13.1. The molecule has 5 aromatic rings. The van der Waals surface area contributed by atoms with Gasteiger partial charge in [0.05, 0.1) is 31.8 Å². The number of aliphatic hydroxyl groups excluding tert-OH is 2. The van der Waals surface area contributed by atoms with Gasteiger partial charge < -0.3 is 127 Å². The first kappa shape index (κ1) is 99.4. The SMILES string of the molecule is CC(=O)O.CCCC[C@H](NC(=O)[C@H](CO)NC(=O)[C@H](Cc1ccc(O)cc1)NC(=O)[C@H](CO)NC(C)=O)C(=O)N[C@@H](CCC(=O)O)C(=O)N[C@@H](Cc1c[nH]cn1)C(=O)N[C@H](Cc1ccccc1)C(=O)N[C@@H](CCCNC(=N)N)C(=O)N[C@@H](Cc1c[nH]c2ccccc12)C(=O)NCC(=O)N[C@@H](CCCCN)C(=O)N1CCC[C@H]1C(=O)N[C@@H](C(N)=O)C(C)C. The molecule has 1 saturated heterocycles. The molecule has 0 unspecified atom stereocenters. The zero-order valence-electron chi connectivity index (χ0n) is 68.7. The van der Waals surface area contributed by atoms with Gasteiger partial charge in [-0.05, 0) is 105 Å². The lowest BCUT2D eigenvalue weighted by Crippen LogP contribution is -2.61. The number of carbonyl (C=O) groups excluding carboxylic acids is 14. The highest BCUT2D eigenvalue weighted by molar-refractivity contribution is 6.00. The van der Waals surface area contributed by atoms with Crippen LogP contribution in [0.2, 0.25) is 0 Å². The van der Waals surface area contributed by atoms with Crippen LogP contribution in [0.15, 0.2) is 97.6 Å². The molecule has 666 valence electrons. The van der Waals surface area contributed by atoms with Crippen LogP contribution in [0.5, 0.6) is 5.75 Å². The lowest BCUT2D eigenvalue weighted by molar-refractivity contribution is -0.142. The summed E-state index contributed by atoms with van der Waals surface area (Å²) in [6, 6.07) is 2.98. The van der Waals surface area contributed by atoms with E-state index in [2.05, 4.69) is 84.1 Å². The highest BCUT2D eigenvalue weighted by atomic mass is 16.4. The number of carboxylic acid groups (broad SMARTS) is 2. The van der Waals surface area contributed by atoms with E-state index in [0.29, 0.717) is 53.3 Å². The number of fused-ring (bicyclic) bond motifs is 1. The average molecular weight is 1710 g/mol. The largest absolute Gasteiger partial charge is 0.508 e. The molecule has 3 heterocycles. The number of hydrogen-bond acceptors (Lipinski definition) is 22. The molecule has 1 aliphatic heterocycles. The summed E-state index contributed by atoms with van der Waals surface area (Å²) in [7, 11) is 0. The molecule has 0 bridgehead atoms. The van der Waals surface area contributed by atoms with Gasteiger partial charge in [0.15, 0.2) is 5.96 Å². The number of carbonyl (C=O) groups is 16. The number of aromatic nitrogens is 3. The molecule has 1 aliphatic rings. The first-order valence-corrected chi connectivity index (χ1v) is 40.0. The van der Waals surface area contributed by atoms with Crippen LogP contribution < -0.4 is 86.3 Å². The molecule has 3 aromatic carbocycles. The molecule has 2 aromatic heterocycles. The van der Waals surface area contributed by atoms with Crippen molar-refractivity contribution in [3.8, 4) is 5.75 Å². The summed E-state index contributed by atoms with van der Waals surface area (Å²) in [5, 5.41) is 89.3. The van der Waals surface area contributed by atoms with Crippen molar-refractivity contribution in [2.24, 2.45) is 23.1 Å². The number of guanidine groups is 1. The van der Waals surface area contributed by atoms with Crippen molar-refractivity contribution in [3.05, 3.63) is 120 Å². The summed E-state index contributed by atoms with van der Waals surface area (Å²) >= 11 is 0. The predicted octanol–water partition coefficient (Wildman–Crippen LogP) is -4.01. The Balaban J connectivity index is 0.00000646. The minimum absolute atomic E-state index is 0.00439. The Labute approximate surface area is 703 Å². The molecule has 0 spiro atoms. The minimum Gasteiger partial charge on any atom is -0.508 e. The Kier molecular flexibility index (Phi) is 41.9. The quantitative estimate of drug-likeness (QED) is 0.0100. The Morgan fingerprint density at radius 3 is 1.56 bits per heavy atom. The van der Waals surface area contributed by atoms with Gasteiger partial charge in [-0.15, -0.1) is 0 Å². The number of phenols is 1. The van der Waals surface area contributed by atoms with E-state index in [1.165, 1.54) is 41.7 Å². The van der Waals surface area contributed by atoms with Crippen LogP contribution in [0.25, 0.3) is 10.9 Å². The monoisotopic (exact) mass is 1710 g/mol. The second-order valence-electron chi connectivity index (χ2n) is 29.5. The summed E-state index contributed by atoms with van der Waals surface area (Å²) in [6.45, 7) is 5.04. The van der Waals surface area contributed by atoms with Gasteiger partial charge in [-0.3, -0.25) is 82.1 Å². The number of imidazole rings is 1. The van der Waals surface area contributed by atoms with Crippen molar-refractivity contribution in [3.63, 3.8) is 0 Å². The lowest BCUT2D eigenvalue weighted by atomic mass is 10.0. The molecule has 0 saturated carbocycles. The smallest absolute Gasteiger partial charge is 0.303 e. The van der Waals surface area contributed by atoms with Crippen LogP contribution in [-0.4, -0.2) is 258 Å². The Bertz CT molecular complexity index is 4360. The topological polar surface area (TPSA) is 680 Å². The molecular formula is C80H115N21O21. The minimum atomic E-state index is -1.83. The molecule has 6 rings (SSSR count). The fraction of sp³-hybridized carbons (Fsp3) is 0.500. The van der Waals surface area contributed by atoms with E-state index in [0.717, 1.165) is 13.8 Å². The molecule has 12 atom stereocenters. The van der Waals surface area contributed by atoms with Crippen molar-refractivity contribution < 1.29 is 102 Å². The van der Waals surface area contributed by atoms with E-state index in [1.54, 1.807) is 81.6 Å². The number of nitrogens with one attached hydrogen (secondary N) is 16. The number of nitrogens with two attached hydrogens (primary N) is 3. The summed E-state index contributed by atoms with van der Waals surface area (Å²) in [5.74, 6) is -15.9. The van der Waals surface area contributed by atoms with Crippen molar-refractivity contribution in [2.75, 3.05) is 39.4 Å². The number of phenolic OH excluding ortho intramolecular Hbond substituents is 1. The third kappa shape index (κ3) is 33.9. The molecule has 0 radical (unpaired) electrons. The standard InChI is InChI=1S/C78H111N21O19.C2H4O2/c1-5-6-19-52(91-75(116)61(41-101)97-72(113)57(34-46-24-26-49(103)27-25-46)94-74(115)60(40-100)88-44(4)102)68(109)92-54(28-29-64(105)106)70(111)96-59(36-48-38-83-42-87-48)73(114)93-56(33-45-16-8-7-9-17-45)71(112)90-53(22-14-31-84-78(81)82)69(110)95-58(35-47-37-85-51-20-11-10-18-50(47)51)67(108)86-39-63(104)89-55(21-12-13-30-79)77(118)99-32-15-23-62(99)76(117)98-65(43(2)3)66(80)107;1-2(3)4/h7-11,16-18,20,24-27,37-38,42-43,52-62,65,85,100-101,103H,5-6,12-15,19,21-23,28-36,39-41,79H2,1-4H3,(H2,80,107)(H,83,87)(H,86,108)(H,88,102)(H,89,104)(H,90,112)(H,91,116)(H,92,109)(H,93,114)(H,94,115)(H,95,110)(H,96,111)(H,97,113)(H,98,117)(H,105,106)(H4,81,82,84);1H3,(H,3,4)/t52-,53-,54-,55-,56+,57-,58-,59-,60-,61-,62-,65+;/m0./s1. The predicted molar refractivity (Wildman–Crippen MR) is 441 cm³/mol. The van der Waals surface area contributed by atoms with Gasteiger partial charge >= 0.3 is 5.97 Å². The van der Waals surface area contributed by atoms with Gasteiger partial charge in [-0.1, -0.05) is 94.3 Å². The fourth-order valence-electron chi connectivity index (χ4n) is 13.1. The molecule has 27 N–H and O–H groups in total. The van der Waals surface area contributed by atoms with E-state index in [1.807, 2.05) is 0 Å². The first-order chi connectivity index (χ1) is 58.1. The van der Waals surface area contributed by atoms with E-state index in [-0.39, 0.29) is 94.8 Å². The number of unbranched alkanes of at least 4 members (excludes halogenated alkanes) is 2. The van der Waals surface area contributed by atoms with Crippen LogP contribution in [0.4, 0.5) is 0 Å². The number of benzene rings is 3. The number of amides is 14. The number of aliphatic carboxylic acids is 2. The summed E-state index contributed by atoms with van der Waals surface area (Å²) in [4.78, 5) is 229. The van der Waals surface area contributed by atoms with Crippen LogP contribution in [0.1, 0.15) is 134 Å². The fourth-order valence-corrected chi connectivity index (χ4v) is 13.1. The van der Waals surface area contributed by atoms with Crippen molar-refractivity contribution in [1.29, 1.82) is 5.41 Å². The van der Waals surface area contributed by atoms with Gasteiger partial charge in [0.1, 0.15) is 78.3 Å². The maximum atomic E-state index is 15.2.